The van der Waals surface area contributed by atoms with Gasteiger partial charge in [-0.3, -0.25) is 0 Å². The summed E-state index contributed by atoms with van der Waals surface area (Å²) in [6.07, 6.45) is 1.82. The third-order valence-electron chi connectivity index (χ3n) is 4.18. The maximum atomic E-state index is 12.6. The fourth-order valence-electron chi connectivity index (χ4n) is 2.77. The SMILES string of the molecule is CCOC(=O)/C(=C\c1ccsc1)C1=Nn2c(nnc2-c2ccc(OC)cc2)SC1. The van der Waals surface area contributed by atoms with Crippen molar-refractivity contribution < 1.29 is 14.3 Å². The van der Waals surface area contributed by atoms with Gasteiger partial charge in [-0.25, -0.2) is 4.79 Å². The number of ether oxygens (including phenoxy) is 2. The molecule has 4 rings (SSSR count). The van der Waals surface area contributed by atoms with Gasteiger partial charge in [0, 0.05) is 11.3 Å². The zero-order chi connectivity index (χ0) is 20.2. The van der Waals surface area contributed by atoms with Gasteiger partial charge >= 0.3 is 5.97 Å². The molecular formula is C20H18N4O3S2. The number of benzene rings is 1. The second-order valence-electron chi connectivity index (χ2n) is 6.02. The first-order valence-corrected chi connectivity index (χ1v) is 10.8. The topological polar surface area (TPSA) is 78.6 Å². The summed E-state index contributed by atoms with van der Waals surface area (Å²) in [7, 11) is 1.62. The summed E-state index contributed by atoms with van der Waals surface area (Å²) in [4.78, 5) is 12.6. The lowest BCUT2D eigenvalue weighted by Crippen LogP contribution is -2.21. The van der Waals surface area contributed by atoms with Crippen LogP contribution in [0.5, 0.6) is 5.75 Å². The maximum absolute atomic E-state index is 12.6. The van der Waals surface area contributed by atoms with Gasteiger partial charge in [-0.2, -0.15) is 21.1 Å². The molecule has 3 heterocycles. The van der Waals surface area contributed by atoms with Gasteiger partial charge in [0.2, 0.25) is 5.16 Å². The first kappa shape index (κ1) is 19.4. The minimum atomic E-state index is -0.388. The molecule has 2 aromatic heterocycles. The van der Waals surface area contributed by atoms with Crippen LogP contribution in [-0.4, -0.2) is 46.0 Å². The molecule has 0 amide bonds. The van der Waals surface area contributed by atoms with Crippen molar-refractivity contribution in [3.05, 3.63) is 52.2 Å². The van der Waals surface area contributed by atoms with Crippen LogP contribution in [0.25, 0.3) is 17.5 Å². The predicted molar refractivity (Wildman–Crippen MR) is 114 cm³/mol. The molecule has 9 heteroatoms. The number of hydrogen-bond donors (Lipinski definition) is 0. The Morgan fingerprint density at radius 2 is 2.07 bits per heavy atom. The van der Waals surface area contributed by atoms with E-state index in [2.05, 4.69) is 10.2 Å². The first-order valence-electron chi connectivity index (χ1n) is 8.91. The standard InChI is InChI=1S/C20H18N4O3S2/c1-3-27-19(25)16(10-13-8-9-28-11-13)17-12-29-20-22-21-18(24(20)23-17)14-4-6-15(26-2)7-5-14/h4-11H,3,12H2,1-2H3/b16-10-. The zero-order valence-electron chi connectivity index (χ0n) is 15.9. The Hall–Kier alpha value is -2.91. The molecule has 0 fully saturated rings. The van der Waals surface area contributed by atoms with Gasteiger partial charge in [0.15, 0.2) is 5.82 Å². The Morgan fingerprint density at radius 1 is 1.24 bits per heavy atom. The van der Waals surface area contributed by atoms with E-state index in [9.17, 15) is 4.79 Å². The number of thiophene rings is 1. The molecule has 7 nitrogen and oxygen atoms in total. The average molecular weight is 427 g/mol. The van der Waals surface area contributed by atoms with Crippen molar-refractivity contribution in [2.75, 3.05) is 19.5 Å². The number of carbonyl (C=O) groups excluding carboxylic acids is 1. The summed E-state index contributed by atoms with van der Waals surface area (Å²) < 4.78 is 12.2. The van der Waals surface area contributed by atoms with E-state index < -0.39 is 0 Å². The monoisotopic (exact) mass is 426 g/mol. The third-order valence-corrected chi connectivity index (χ3v) is 5.81. The van der Waals surface area contributed by atoms with Crippen LogP contribution in [0.2, 0.25) is 0 Å². The molecule has 0 unspecified atom stereocenters. The second-order valence-corrected chi connectivity index (χ2v) is 7.74. The molecule has 0 saturated carbocycles. The second kappa shape index (κ2) is 8.62. The molecule has 1 aliphatic rings. The molecule has 0 N–H and O–H groups in total. The number of methoxy groups -OCH3 is 1. The van der Waals surface area contributed by atoms with Crippen LogP contribution in [0, 0.1) is 0 Å². The Kier molecular flexibility index (Phi) is 5.77. The van der Waals surface area contributed by atoms with Crippen LogP contribution < -0.4 is 4.74 Å². The summed E-state index contributed by atoms with van der Waals surface area (Å²) in [5.41, 5.74) is 2.87. The third kappa shape index (κ3) is 4.10. The van der Waals surface area contributed by atoms with Crippen LogP contribution in [0.3, 0.4) is 0 Å². The molecule has 0 aliphatic carbocycles. The van der Waals surface area contributed by atoms with Crippen molar-refractivity contribution in [3.63, 3.8) is 0 Å². The fraction of sp³-hybridized carbons (Fsp3) is 0.200. The van der Waals surface area contributed by atoms with Crippen LogP contribution in [-0.2, 0) is 9.53 Å². The van der Waals surface area contributed by atoms with E-state index in [1.165, 1.54) is 11.8 Å². The van der Waals surface area contributed by atoms with Crippen molar-refractivity contribution in [1.29, 1.82) is 0 Å². The lowest BCUT2D eigenvalue weighted by Gasteiger charge is -2.15. The zero-order valence-corrected chi connectivity index (χ0v) is 17.5. The largest absolute Gasteiger partial charge is 0.497 e. The van der Waals surface area contributed by atoms with E-state index in [0.29, 0.717) is 34.6 Å². The molecular weight excluding hydrogens is 408 g/mol. The summed E-state index contributed by atoms with van der Waals surface area (Å²) in [6.45, 7) is 2.09. The van der Waals surface area contributed by atoms with Gasteiger partial charge in [-0.05, 0) is 59.7 Å². The molecule has 0 saturated heterocycles. The van der Waals surface area contributed by atoms with Crippen molar-refractivity contribution in [2.24, 2.45) is 5.10 Å². The highest BCUT2D eigenvalue weighted by Gasteiger charge is 2.25. The average Bonchev–Trinajstić information content (AvgIpc) is 3.41. The summed E-state index contributed by atoms with van der Waals surface area (Å²) in [5.74, 6) is 1.48. The van der Waals surface area contributed by atoms with Crippen LogP contribution in [0.15, 0.2) is 56.9 Å². The highest BCUT2D eigenvalue weighted by Crippen LogP contribution is 2.30. The maximum Gasteiger partial charge on any atom is 0.340 e. The molecule has 1 aromatic carbocycles. The fourth-order valence-corrected chi connectivity index (χ4v) is 4.22. The number of carbonyl (C=O) groups is 1. The normalized spacial score (nSPS) is 13.6. The number of nitrogens with zero attached hydrogens (tertiary/aromatic N) is 4. The summed E-state index contributed by atoms with van der Waals surface area (Å²) in [6, 6.07) is 9.47. The van der Waals surface area contributed by atoms with Gasteiger partial charge in [0.05, 0.1) is 25.0 Å². The van der Waals surface area contributed by atoms with Gasteiger partial charge in [-0.15, -0.1) is 10.2 Å². The molecule has 0 radical (unpaired) electrons. The molecule has 0 atom stereocenters. The van der Waals surface area contributed by atoms with E-state index in [4.69, 9.17) is 14.6 Å². The lowest BCUT2D eigenvalue weighted by molar-refractivity contribution is -0.137. The number of rotatable bonds is 6. The Bertz CT molecular complexity index is 1070. The van der Waals surface area contributed by atoms with Crippen molar-refractivity contribution in [3.8, 4) is 17.1 Å². The Morgan fingerprint density at radius 3 is 2.76 bits per heavy atom. The Labute approximate surface area is 176 Å². The quantitative estimate of drug-likeness (QED) is 0.438. The van der Waals surface area contributed by atoms with Gasteiger partial charge in [-0.1, -0.05) is 11.8 Å². The summed E-state index contributed by atoms with van der Waals surface area (Å²) >= 11 is 3.05. The van der Waals surface area contributed by atoms with E-state index >= 15 is 0 Å². The lowest BCUT2D eigenvalue weighted by atomic mass is 10.1. The number of esters is 1. The minimum absolute atomic E-state index is 0.301. The van der Waals surface area contributed by atoms with Crippen molar-refractivity contribution in [1.82, 2.24) is 14.9 Å². The van der Waals surface area contributed by atoms with Crippen LogP contribution >= 0.6 is 23.1 Å². The highest BCUT2D eigenvalue weighted by molar-refractivity contribution is 7.99. The van der Waals surface area contributed by atoms with Crippen LogP contribution in [0.1, 0.15) is 12.5 Å². The number of aromatic nitrogens is 3. The molecule has 3 aromatic rings. The van der Waals surface area contributed by atoms with E-state index in [1.54, 1.807) is 30.0 Å². The van der Waals surface area contributed by atoms with Crippen LogP contribution in [0.4, 0.5) is 0 Å². The van der Waals surface area contributed by atoms with Crippen molar-refractivity contribution in [2.45, 2.75) is 12.1 Å². The van der Waals surface area contributed by atoms with Gasteiger partial charge in [0.1, 0.15) is 5.75 Å². The molecule has 1 aliphatic heterocycles. The number of thioether (sulfide) groups is 1. The molecule has 0 spiro atoms. The van der Waals surface area contributed by atoms with Gasteiger partial charge in [0.25, 0.3) is 0 Å². The molecule has 148 valence electrons. The number of fused-ring (bicyclic) bond motifs is 1. The Balaban J connectivity index is 1.75. The first-order chi connectivity index (χ1) is 14.2. The van der Waals surface area contributed by atoms with Crippen molar-refractivity contribution >= 4 is 40.9 Å². The van der Waals surface area contributed by atoms with E-state index in [1.807, 2.05) is 47.2 Å². The highest BCUT2D eigenvalue weighted by atomic mass is 32.2. The minimum Gasteiger partial charge on any atom is -0.497 e. The van der Waals surface area contributed by atoms with E-state index in [0.717, 1.165) is 16.9 Å². The molecule has 29 heavy (non-hydrogen) atoms. The van der Waals surface area contributed by atoms with Gasteiger partial charge < -0.3 is 9.47 Å². The predicted octanol–water partition coefficient (Wildman–Crippen LogP) is 3.97. The number of hydrogen-bond acceptors (Lipinski definition) is 8. The van der Waals surface area contributed by atoms with E-state index in [-0.39, 0.29) is 5.97 Å². The smallest absolute Gasteiger partial charge is 0.340 e. The summed E-state index contributed by atoms with van der Waals surface area (Å²) in [5, 5.41) is 17.8. The molecule has 0 bridgehead atoms.